The van der Waals surface area contributed by atoms with Crippen LogP contribution in [0.15, 0.2) is 0 Å². The van der Waals surface area contributed by atoms with Crippen molar-refractivity contribution in [1.82, 2.24) is 15.5 Å². The lowest BCUT2D eigenvalue weighted by atomic mass is 9.75. The van der Waals surface area contributed by atoms with Crippen LogP contribution in [0.1, 0.15) is 39.0 Å². The van der Waals surface area contributed by atoms with E-state index in [1.807, 2.05) is 0 Å². The van der Waals surface area contributed by atoms with E-state index in [4.69, 9.17) is 0 Å². The Morgan fingerprint density at radius 1 is 1.22 bits per heavy atom. The minimum atomic E-state index is -0.418. The summed E-state index contributed by atoms with van der Waals surface area (Å²) in [5.74, 6) is -0.781. The number of carbonyl (C=O) groups is 2. The summed E-state index contributed by atoms with van der Waals surface area (Å²) in [7, 11) is 0. The summed E-state index contributed by atoms with van der Waals surface area (Å²) in [6.07, 6.45) is 4.98. The topological polar surface area (TPSA) is 61.4 Å². The van der Waals surface area contributed by atoms with E-state index in [2.05, 4.69) is 17.6 Å². The van der Waals surface area contributed by atoms with E-state index in [1.54, 1.807) is 4.90 Å². The SMILES string of the molecule is CCC1(NC(=O)C(=O)N2CCCNCC2)CCC1. The molecule has 5 heteroatoms. The first-order valence-corrected chi connectivity index (χ1v) is 6.99. The van der Waals surface area contributed by atoms with Crippen LogP contribution in [0.3, 0.4) is 0 Å². The Morgan fingerprint density at radius 2 is 2.00 bits per heavy atom. The number of carbonyl (C=O) groups excluding carboxylic acids is 2. The monoisotopic (exact) mass is 253 g/mol. The average molecular weight is 253 g/mol. The van der Waals surface area contributed by atoms with Gasteiger partial charge in [-0.3, -0.25) is 9.59 Å². The first-order chi connectivity index (χ1) is 8.67. The predicted molar refractivity (Wildman–Crippen MR) is 69.1 cm³/mol. The molecule has 102 valence electrons. The van der Waals surface area contributed by atoms with Crippen LogP contribution in [0, 0.1) is 0 Å². The molecule has 0 radical (unpaired) electrons. The lowest BCUT2D eigenvalue weighted by Crippen LogP contribution is -2.57. The minimum Gasteiger partial charge on any atom is -0.342 e. The van der Waals surface area contributed by atoms with E-state index in [-0.39, 0.29) is 11.4 Å². The van der Waals surface area contributed by atoms with Gasteiger partial charge in [0.25, 0.3) is 0 Å². The van der Waals surface area contributed by atoms with Gasteiger partial charge in [0.05, 0.1) is 0 Å². The third kappa shape index (κ3) is 2.83. The molecule has 5 nitrogen and oxygen atoms in total. The molecule has 2 N–H and O–H groups in total. The number of nitrogens with zero attached hydrogens (tertiary/aromatic N) is 1. The van der Waals surface area contributed by atoms with E-state index < -0.39 is 5.91 Å². The number of hydrogen-bond donors (Lipinski definition) is 2. The Bertz CT molecular complexity index is 313. The highest BCUT2D eigenvalue weighted by Gasteiger charge is 2.38. The Kier molecular flexibility index (Phi) is 4.22. The van der Waals surface area contributed by atoms with Gasteiger partial charge in [0, 0.05) is 25.2 Å². The maximum absolute atomic E-state index is 12.1. The zero-order valence-electron chi connectivity index (χ0n) is 11.1. The molecule has 1 aliphatic carbocycles. The highest BCUT2D eigenvalue weighted by molar-refractivity contribution is 6.35. The normalized spacial score (nSPS) is 22.8. The first kappa shape index (κ1) is 13.3. The zero-order valence-corrected chi connectivity index (χ0v) is 11.1. The van der Waals surface area contributed by atoms with E-state index in [9.17, 15) is 9.59 Å². The van der Waals surface area contributed by atoms with Crippen LogP contribution in [0.2, 0.25) is 0 Å². The highest BCUT2D eigenvalue weighted by atomic mass is 16.2. The van der Waals surface area contributed by atoms with Gasteiger partial charge in [-0.2, -0.15) is 0 Å². The molecule has 0 bridgehead atoms. The van der Waals surface area contributed by atoms with Crippen LogP contribution < -0.4 is 10.6 Å². The molecule has 0 aromatic rings. The summed E-state index contributed by atoms with van der Waals surface area (Å²) in [4.78, 5) is 25.7. The quantitative estimate of drug-likeness (QED) is 0.694. The molecule has 18 heavy (non-hydrogen) atoms. The van der Waals surface area contributed by atoms with Crippen molar-refractivity contribution in [3.8, 4) is 0 Å². The van der Waals surface area contributed by atoms with Crippen LogP contribution in [0.4, 0.5) is 0 Å². The number of rotatable bonds is 2. The summed E-state index contributed by atoms with van der Waals surface area (Å²) in [6.45, 7) is 5.08. The van der Waals surface area contributed by atoms with Crippen LogP contribution in [-0.2, 0) is 9.59 Å². The lowest BCUT2D eigenvalue weighted by Gasteiger charge is -2.42. The lowest BCUT2D eigenvalue weighted by molar-refractivity contribution is -0.147. The summed E-state index contributed by atoms with van der Waals surface area (Å²) in [6, 6.07) is 0. The van der Waals surface area contributed by atoms with Crippen molar-refractivity contribution in [3.05, 3.63) is 0 Å². The van der Waals surface area contributed by atoms with Gasteiger partial charge >= 0.3 is 11.8 Å². The third-order valence-corrected chi connectivity index (χ3v) is 4.19. The Balaban J connectivity index is 1.89. The fraction of sp³-hybridized carbons (Fsp3) is 0.846. The molecule has 0 unspecified atom stereocenters. The van der Waals surface area contributed by atoms with Crippen molar-refractivity contribution in [1.29, 1.82) is 0 Å². The van der Waals surface area contributed by atoms with E-state index in [1.165, 1.54) is 0 Å². The van der Waals surface area contributed by atoms with Gasteiger partial charge in [0.1, 0.15) is 0 Å². The number of amides is 2. The fourth-order valence-corrected chi connectivity index (χ4v) is 2.66. The summed E-state index contributed by atoms with van der Waals surface area (Å²) >= 11 is 0. The van der Waals surface area contributed by atoms with Crippen molar-refractivity contribution < 1.29 is 9.59 Å². The molecular weight excluding hydrogens is 230 g/mol. The second kappa shape index (κ2) is 5.69. The van der Waals surface area contributed by atoms with Crippen molar-refractivity contribution in [2.75, 3.05) is 26.2 Å². The van der Waals surface area contributed by atoms with Gasteiger partial charge in [-0.15, -0.1) is 0 Å². The smallest absolute Gasteiger partial charge is 0.311 e. The van der Waals surface area contributed by atoms with Crippen molar-refractivity contribution in [2.45, 2.75) is 44.6 Å². The van der Waals surface area contributed by atoms with Gasteiger partial charge in [0.2, 0.25) is 0 Å². The fourth-order valence-electron chi connectivity index (χ4n) is 2.66. The molecule has 2 fully saturated rings. The van der Waals surface area contributed by atoms with Crippen molar-refractivity contribution in [3.63, 3.8) is 0 Å². The zero-order chi connectivity index (χ0) is 13.0. The molecule has 1 saturated heterocycles. The molecule has 1 saturated carbocycles. The van der Waals surface area contributed by atoms with Crippen LogP contribution in [0.25, 0.3) is 0 Å². The average Bonchev–Trinajstić information content (AvgIpc) is 2.61. The van der Waals surface area contributed by atoms with E-state index >= 15 is 0 Å². The maximum Gasteiger partial charge on any atom is 0.311 e. The van der Waals surface area contributed by atoms with E-state index in [0.29, 0.717) is 13.1 Å². The molecule has 0 aromatic heterocycles. The highest BCUT2D eigenvalue weighted by Crippen LogP contribution is 2.34. The van der Waals surface area contributed by atoms with Gasteiger partial charge in [-0.1, -0.05) is 6.92 Å². The van der Waals surface area contributed by atoms with Gasteiger partial charge in [-0.05, 0) is 38.6 Å². The molecular formula is C13H23N3O2. The van der Waals surface area contributed by atoms with Crippen LogP contribution >= 0.6 is 0 Å². The third-order valence-electron chi connectivity index (χ3n) is 4.19. The molecule has 0 atom stereocenters. The number of hydrogen-bond acceptors (Lipinski definition) is 3. The van der Waals surface area contributed by atoms with Crippen LogP contribution in [0.5, 0.6) is 0 Å². The minimum absolute atomic E-state index is 0.100. The molecule has 1 heterocycles. The van der Waals surface area contributed by atoms with Gasteiger partial charge in [0.15, 0.2) is 0 Å². The van der Waals surface area contributed by atoms with Crippen molar-refractivity contribution in [2.24, 2.45) is 0 Å². The number of nitrogens with one attached hydrogen (secondary N) is 2. The standard InChI is InChI=1S/C13H23N3O2/c1-2-13(5-3-6-13)15-11(17)12(18)16-9-4-7-14-8-10-16/h14H,2-10H2,1H3,(H,15,17). The van der Waals surface area contributed by atoms with Gasteiger partial charge < -0.3 is 15.5 Å². The second-order valence-corrected chi connectivity index (χ2v) is 5.34. The summed E-state index contributed by atoms with van der Waals surface area (Å²) < 4.78 is 0. The molecule has 0 spiro atoms. The molecule has 2 rings (SSSR count). The largest absolute Gasteiger partial charge is 0.342 e. The summed E-state index contributed by atoms with van der Waals surface area (Å²) in [5.41, 5.74) is -0.100. The second-order valence-electron chi connectivity index (χ2n) is 5.34. The van der Waals surface area contributed by atoms with Crippen molar-refractivity contribution >= 4 is 11.8 Å². The molecule has 1 aliphatic heterocycles. The van der Waals surface area contributed by atoms with E-state index in [0.717, 1.165) is 45.2 Å². The van der Waals surface area contributed by atoms with Crippen LogP contribution in [-0.4, -0.2) is 48.4 Å². The Labute approximate surface area is 108 Å². The molecule has 2 amide bonds. The first-order valence-electron chi connectivity index (χ1n) is 6.99. The molecule has 2 aliphatic rings. The predicted octanol–water partition coefficient (Wildman–Crippen LogP) is 0.257. The Hall–Kier alpha value is -1.10. The van der Waals surface area contributed by atoms with Gasteiger partial charge in [-0.25, -0.2) is 0 Å². The maximum atomic E-state index is 12.1. The Morgan fingerprint density at radius 3 is 2.61 bits per heavy atom. The molecule has 0 aromatic carbocycles. The summed E-state index contributed by atoms with van der Waals surface area (Å²) in [5, 5.41) is 6.17.